The molecule has 0 amide bonds. The summed E-state index contributed by atoms with van der Waals surface area (Å²) in [6, 6.07) is 1.25. The summed E-state index contributed by atoms with van der Waals surface area (Å²) in [5.41, 5.74) is 5.68. The van der Waals surface area contributed by atoms with E-state index < -0.39 is 10.0 Å². The second kappa shape index (κ2) is 5.19. The fourth-order valence-electron chi connectivity index (χ4n) is 1.60. The van der Waals surface area contributed by atoms with Gasteiger partial charge in [0, 0.05) is 12.4 Å². The number of rotatable bonds is 3. The van der Waals surface area contributed by atoms with Crippen molar-refractivity contribution in [1.82, 2.24) is 14.8 Å². The van der Waals surface area contributed by atoms with Crippen LogP contribution < -0.4 is 10.5 Å². The molecule has 0 aliphatic heterocycles. The first kappa shape index (κ1) is 15.6. The smallest absolute Gasteiger partial charge is 0.265 e. The molecule has 9 heteroatoms. The van der Waals surface area contributed by atoms with Gasteiger partial charge in [-0.2, -0.15) is 5.10 Å². The molecule has 0 saturated heterocycles. The predicted molar refractivity (Wildman–Crippen MR) is 81.7 cm³/mol. The molecule has 2 aromatic heterocycles. The molecule has 0 aliphatic carbocycles. The summed E-state index contributed by atoms with van der Waals surface area (Å²) in [5, 5.41) is 4.31. The minimum atomic E-state index is -3.87. The third-order valence-electron chi connectivity index (χ3n) is 2.66. The molecule has 0 aliphatic rings. The Morgan fingerprint density at radius 1 is 1.33 bits per heavy atom. The van der Waals surface area contributed by atoms with Crippen LogP contribution in [-0.4, -0.2) is 23.2 Å². The van der Waals surface area contributed by atoms with Gasteiger partial charge in [0.25, 0.3) is 10.0 Å². The van der Waals surface area contributed by atoms with E-state index in [1.807, 2.05) is 20.8 Å². The first-order valence-corrected chi connectivity index (χ1v) is 7.95. The number of pyridine rings is 1. The third kappa shape index (κ3) is 3.45. The van der Waals surface area contributed by atoms with E-state index in [1.165, 1.54) is 18.5 Å². The highest BCUT2D eigenvalue weighted by Crippen LogP contribution is 2.23. The van der Waals surface area contributed by atoms with Gasteiger partial charge >= 0.3 is 0 Å². The fourth-order valence-corrected chi connectivity index (χ4v) is 2.96. The highest BCUT2D eigenvalue weighted by atomic mass is 35.5. The molecule has 0 fully saturated rings. The van der Waals surface area contributed by atoms with Gasteiger partial charge in [0.2, 0.25) is 0 Å². The predicted octanol–water partition coefficient (Wildman–Crippen LogP) is 2.07. The Bertz CT molecular complexity index is 764. The fraction of sp³-hybridized carbons (Fsp3) is 0.333. The van der Waals surface area contributed by atoms with Crippen LogP contribution in [0.3, 0.4) is 0 Å². The van der Waals surface area contributed by atoms with Crippen molar-refractivity contribution in [3.05, 3.63) is 29.7 Å². The summed E-state index contributed by atoms with van der Waals surface area (Å²) in [6.07, 6.45) is 4.32. The van der Waals surface area contributed by atoms with Gasteiger partial charge in [0.15, 0.2) is 0 Å². The number of hydrogen-bond donors (Lipinski definition) is 2. The molecule has 0 saturated carbocycles. The molecule has 0 spiro atoms. The van der Waals surface area contributed by atoms with Crippen LogP contribution in [0.1, 0.15) is 20.8 Å². The Morgan fingerprint density at radius 2 is 2.00 bits per heavy atom. The second-order valence-electron chi connectivity index (χ2n) is 5.49. The zero-order chi connectivity index (χ0) is 15.8. The van der Waals surface area contributed by atoms with Crippen LogP contribution in [0, 0.1) is 0 Å². The Hall–Kier alpha value is -1.80. The van der Waals surface area contributed by atoms with Gasteiger partial charge in [-0.1, -0.05) is 11.6 Å². The van der Waals surface area contributed by atoms with Crippen LogP contribution >= 0.6 is 11.6 Å². The molecular weight excluding hydrogens is 314 g/mol. The lowest BCUT2D eigenvalue weighted by molar-refractivity contribution is 0.355. The van der Waals surface area contributed by atoms with E-state index >= 15 is 0 Å². The number of nitrogens with two attached hydrogens (primary N) is 1. The summed E-state index contributed by atoms with van der Waals surface area (Å²) in [6.45, 7) is 5.87. The molecule has 114 valence electrons. The molecule has 7 nitrogen and oxygen atoms in total. The highest BCUT2D eigenvalue weighted by molar-refractivity contribution is 7.92. The SMILES string of the molecule is CC(C)(C)n1cc(NS(=O)(=O)c2cc(Cl)cnc2N)cn1. The molecule has 3 N–H and O–H groups in total. The average molecular weight is 330 g/mol. The van der Waals surface area contributed by atoms with Crippen molar-refractivity contribution < 1.29 is 8.42 Å². The lowest BCUT2D eigenvalue weighted by atomic mass is 10.1. The van der Waals surface area contributed by atoms with Gasteiger partial charge in [-0.05, 0) is 26.8 Å². The molecule has 2 aromatic rings. The number of nitrogens with one attached hydrogen (secondary N) is 1. The number of anilines is 2. The van der Waals surface area contributed by atoms with E-state index in [0.29, 0.717) is 5.69 Å². The summed E-state index contributed by atoms with van der Waals surface area (Å²) in [5.74, 6) is -0.116. The van der Waals surface area contributed by atoms with E-state index in [4.69, 9.17) is 17.3 Å². The van der Waals surface area contributed by atoms with Gasteiger partial charge in [-0.3, -0.25) is 9.40 Å². The number of nitrogens with zero attached hydrogens (tertiary/aromatic N) is 3. The van der Waals surface area contributed by atoms with E-state index in [9.17, 15) is 8.42 Å². The Balaban J connectivity index is 2.34. The molecule has 2 rings (SSSR count). The zero-order valence-electron chi connectivity index (χ0n) is 11.8. The van der Waals surface area contributed by atoms with Crippen molar-refractivity contribution in [2.75, 3.05) is 10.5 Å². The normalized spacial score (nSPS) is 12.4. The molecule has 0 radical (unpaired) electrons. The van der Waals surface area contributed by atoms with Crippen LogP contribution in [0.4, 0.5) is 11.5 Å². The Kier molecular flexibility index (Phi) is 3.85. The highest BCUT2D eigenvalue weighted by Gasteiger charge is 2.21. The standard InChI is InChI=1S/C12H16ClN5O2S/c1-12(2,3)18-7-9(6-16-18)17-21(19,20)10-4-8(13)5-15-11(10)14/h4-7,17H,1-3H3,(H2,14,15). The van der Waals surface area contributed by atoms with Gasteiger partial charge < -0.3 is 5.73 Å². The summed E-state index contributed by atoms with van der Waals surface area (Å²) >= 11 is 5.76. The average Bonchev–Trinajstić information content (AvgIpc) is 2.79. The number of halogens is 1. The lowest BCUT2D eigenvalue weighted by Crippen LogP contribution is -2.22. The molecule has 21 heavy (non-hydrogen) atoms. The van der Waals surface area contributed by atoms with Gasteiger partial charge in [0.1, 0.15) is 10.7 Å². The van der Waals surface area contributed by atoms with E-state index in [1.54, 1.807) is 10.9 Å². The van der Waals surface area contributed by atoms with Gasteiger partial charge in [0.05, 0.1) is 22.4 Å². The molecule has 0 unspecified atom stereocenters. The largest absolute Gasteiger partial charge is 0.383 e. The van der Waals surface area contributed by atoms with E-state index in [0.717, 1.165) is 0 Å². The summed E-state index contributed by atoms with van der Waals surface area (Å²) in [4.78, 5) is 3.57. The first-order chi connectivity index (χ1) is 9.59. The van der Waals surface area contributed by atoms with E-state index in [2.05, 4.69) is 14.8 Å². The van der Waals surface area contributed by atoms with Crippen LogP contribution in [0.5, 0.6) is 0 Å². The van der Waals surface area contributed by atoms with Crippen molar-refractivity contribution >= 4 is 33.1 Å². The van der Waals surface area contributed by atoms with Crippen molar-refractivity contribution in [1.29, 1.82) is 0 Å². The Labute approximate surface area is 128 Å². The van der Waals surface area contributed by atoms with Gasteiger partial charge in [-0.25, -0.2) is 13.4 Å². The maximum Gasteiger partial charge on any atom is 0.265 e. The first-order valence-electron chi connectivity index (χ1n) is 6.08. The zero-order valence-corrected chi connectivity index (χ0v) is 13.4. The minimum Gasteiger partial charge on any atom is -0.383 e. The molecule has 0 aromatic carbocycles. The molecular formula is C12H16ClN5O2S. The van der Waals surface area contributed by atoms with Gasteiger partial charge in [-0.15, -0.1) is 0 Å². The summed E-state index contributed by atoms with van der Waals surface area (Å²) < 4.78 is 28.7. The number of sulfonamides is 1. The maximum absolute atomic E-state index is 12.3. The number of nitrogen functional groups attached to an aromatic ring is 1. The minimum absolute atomic E-state index is 0.116. The monoisotopic (exact) mass is 329 g/mol. The van der Waals surface area contributed by atoms with Crippen LogP contribution in [-0.2, 0) is 15.6 Å². The third-order valence-corrected chi connectivity index (χ3v) is 4.28. The number of hydrogen-bond acceptors (Lipinski definition) is 5. The Morgan fingerprint density at radius 3 is 2.57 bits per heavy atom. The van der Waals surface area contributed by atoms with Crippen molar-refractivity contribution in [2.45, 2.75) is 31.2 Å². The number of aromatic nitrogens is 3. The van der Waals surface area contributed by atoms with Crippen LogP contribution in [0.2, 0.25) is 5.02 Å². The molecule has 0 atom stereocenters. The van der Waals surface area contributed by atoms with Crippen molar-refractivity contribution in [3.8, 4) is 0 Å². The van der Waals surface area contributed by atoms with Crippen molar-refractivity contribution in [2.24, 2.45) is 0 Å². The molecule has 0 bridgehead atoms. The maximum atomic E-state index is 12.3. The lowest BCUT2D eigenvalue weighted by Gasteiger charge is -2.18. The quantitative estimate of drug-likeness (QED) is 0.897. The second-order valence-corrected chi connectivity index (χ2v) is 7.57. The van der Waals surface area contributed by atoms with E-state index in [-0.39, 0.29) is 21.3 Å². The van der Waals surface area contributed by atoms with Crippen molar-refractivity contribution in [3.63, 3.8) is 0 Å². The molecule has 2 heterocycles. The van der Waals surface area contributed by atoms with Crippen LogP contribution in [0.15, 0.2) is 29.6 Å². The van der Waals surface area contributed by atoms with Crippen LogP contribution in [0.25, 0.3) is 0 Å². The topological polar surface area (TPSA) is 103 Å². The summed E-state index contributed by atoms with van der Waals surface area (Å²) in [7, 11) is -3.87.